The van der Waals surface area contributed by atoms with Crippen LogP contribution in [0.5, 0.6) is 0 Å². The van der Waals surface area contributed by atoms with Gasteiger partial charge in [0.1, 0.15) is 5.82 Å². The molecule has 0 aromatic heterocycles. The quantitative estimate of drug-likeness (QED) is 0.675. The SMILES string of the molecule is O=S([O-])c1cccc2c(F)cccc12. The molecule has 14 heavy (non-hydrogen) atoms. The van der Waals surface area contributed by atoms with Crippen molar-refractivity contribution in [1.29, 1.82) is 0 Å². The van der Waals surface area contributed by atoms with Crippen molar-refractivity contribution in [3.8, 4) is 0 Å². The Bertz CT molecular complexity index is 510. The van der Waals surface area contributed by atoms with Gasteiger partial charge in [-0.25, -0.2) is 4.39 Å². The minimum atomic E-state index is -2.33. The summed E-state index contributed by atoms with van der Waals surface area (Å²) in [6.07, 6.45) is 0. The van der Waals surface area contributed by atoms with Crippen LogP contribution in [0, 0.1) is 5.82 Å². The summed E-state index contributed by atoms with van der Waals surface area (Å²) in [5, 5.41) is 0.745. The van der Waals surface area contributed by atoms with Crippen LogP contribution in [0.2, 0.25) is 0 Å². The second kappa shape index (κ2) is 3.48. The molecule has 72 valence electrons. The predicted molar refractivity (Wildman–Crippen MR) is 51.1 cm³/mol. The molecule has 0 radical (unpaired) electrons. The highest BCUT2D eigenvalue weighted by Gasteiger charge is 2.03. The molecule has 2 nitrogen and oxygen atoms in total. The van der Waals surface area contributed by atoms with E-state index in [-0.39, 0.29) is 4.90 Å². The van der Waals surface area contributed by atoms with Crippen molar-refractivity contribution in [2.45, 2.75) is 4.90 Å². The molecule has 0 aliphatic rings. The zero-order chi connectivity index (χ0) is 10.1. The molecule has 0 aliphatic carbocycles. The summed E-state index contributed by atoms with van der Waals surface area (Å²) < 4.78 is 34.8. The lowest BCUT2D eigenvalue weighted by Gasteiger charge is -2.08. The maximum atomic E-state index is 13.2. The van der Waals surface area contributed by atoms with E-state index < -0.39 is 16.9 Å². The molecular weight excluding hydrogens is 203 g/mol. The lowest BCUT2D eigenvalue weighted by Crippen LogP contribution is -1.91. The zero-order valence-electron chi connectivity index (χ0n) is 7.07. The molecule has 0 heterocycles. The molecule has 2 aromatic rings. The topological polar surface area (TPSA) is 40.1 Å². The van der Waals surface area contributed by atoms with Crippen LogP contribution in [0.3, 0.4) is 0 Å². The molecule has 0 spiro atoms. The van der Waals surface area contributed by atoms with Gasteiger partial charge in [0.05, 0.1) is 0 Å². The molecule has 0 saturated heterocycles. The van der Waals surface area contributed by atoms with Crippen LogP contribution in [0.25, 0.3) is 10.8 Å². The molecule has 0 fully saturated rings. The van der Waals surface area contributed by atoms with Crippen LogP contribution in [0.15, 0.2) is 41.3 Å². The predicted octanol–water partition coefficient (Wildman–Crippen LogP) is 2.22. The van der Waals surface area contributed by atoms with Crippen LogP contribution < -0.4 is 0 Å². The fourth-order valence-electron chi connectivity index (χ4n) is 1.39. The molecule has 1 atom stereocenters. The molecule has 0 aliphatic heterocycles. The standard InChI is InChI=1S/C10H7FO2S/c11-9-5-1-4-8-7(9)3-2-6-10(8)14(12)13/h1-6H,(H,12,13)/p-1. The zero-order valence-corrected chi connectivity index (χ0v) is 7.88. The lowest BCUT2D eigenvalue weighted by molar-refractivity contribution is 0.538. The van der Waals surface area contributed by atoms with E-state index in [9.17, 15) is 13.2 Å². The third-order valence-corrected chi connectivity index (χ3v) is 2.72. The number of rotatable bonds is 1. The summed E-state index contributed by atoms with van der Waals surface area (Å²) in [7, 11) is 0. The Morgan fingerprint density at radius 1 is 1.07 bits per heavy atom. The molecular formula is C10H6FO2S-. The first kappa shape index (κ1) is 9.30. The average molecular weight is 209 g/mol. The van der Waals surface area contributed by atoms with E-state index in [1.165, 1.54) is 24.3 Å². The van der Waals surface area contributed by atoms with E-state index in [4.69, 9.17) is 0 Å². The van der Waals surface area contributed by atoms with Gasteiger partial charge in [-0.05, 0) is 28.6 Å². The van der Waals surface area contributed by atoms with E-state index in [1.807, 2.05) is 0 Å². The molecule has 0 amide bonds. The normalized spacial score (nSPS) is 13.0. The molecule has 0 bridgehead atoms. The van der Waals surface area contributed by atoms with Crippen molar-refractivity contribution in [1.82, 2.24) is 0 Å². The Kier molecular flexibility index (Phi) is 2.31. The van der Waals surface area contributed by atoms with Gasteiger partial charge < -0.3 is 4.55 Å². The van der Waals surface area contributed by atoms with Gasteiger partial charge in [0.15, 0.2) is 0 Å². The Hall–Kier alpha value is -1.26. The summed E-state index contributed by atoms with van der Waals surface area (Å²) >= 11 is -2.33. The van der Waals surface area contributed by atoms with Crippen LogP contribution in [0.4, 0.5) is 4.39 Å². The first-order valence-electron chi connectivity index (χ1n) is 3.96. The van der Waals surface area contributed by atoms with Crippen molar-refractivity contribution >= 4 is 21.9 Å². The Labute approximate surface area is 82.7 Å². The number of hydrogen-bond acceptors (Lipinski definition) is 2. The minimum Gasteiger partial charge on any atom is -0.768 e. The smallest absolute Gasteiger partial charge is 0.131 e. The summed E-state index contributed by atoms with van der Waals surface area (Å²) in [6, 6.07) is 8.92. The summed E-state index contributed by atoms with van der Waals surface area (Å²) in [6.45, 7) is 0. The van der Waals surface area contributed by atoms with Crippen molar-refractivity contribution in [2.24, 2.45) is 0 Å². The molecule has 0 N–H and O–H groups in total. The molecule has 2 aromatic carbocycles. The van der Waals surface area contributed by atoms with Gasteiger partial charge >= 0.3 is 0 Å². The molecule has 0 saturated carbocycles. The first-order chi connectivity index (χ1) is 6.70. The summed E-state index contributed by atoms with van der Waals surface area (Å²) in [5.41, 5.74) is 0. The third-order valence-electron chi connectivity index (χ3n) is 2.01. The van der Waals surface area contributed by atoms with Crippen LogP contribution in [-0.2, 0) is 11.1 Å². The fraction of sp³-hybridized carbons (Fsp3) is 0. The summed E-state index contributed by atoms with van der Waals surface area (Å²) in [5.74, 6) is -0.408. The average Bonchev–Trinajstić information content (AvgIpc) is 2.17. The van der Waals surface area contributed by atoms with E-state index in [0.717, 1.165) is 0 Å². The van der Waals surface area contributed by atoms with E-state index in [0.29, 0.717) is 10.8 Å². The number of halogens is 1. The Balaban J connectivity index is 2.88. The van der Waals surface area contributed by atoms with E-state index in [2.05, 4.69) is 0 Å². The second-order valence-electron chi connectivity index (χ2n) is 2.83. The first-order valence-corrected chi connectivity index (χ1v) is 5.04. The highest BCUT2D eigenvalue weighted by Crippen LogP contribution is 2.23. The Morgan fingerprint density at radius 3 is 2.43 bits per heavy atom. The fourth-order valence-corrected chi connectivity index (χ4v) is 1.94. The number of hydrogen-bond donors (Lipinski definition) is 0. The molecule has 2 rings (SSSR count). The van der Waals surface area contributed by atoms with Gasteiger partial charge in [0, 0.05) is 10.3 Å². The van der Waals surface area contributed by atoms with Crippen LogP contribution in [-0.4, -0.2) is 8.76 Å². The van der Waals surface area contributed by atoms with Gasteiger partial charge in [0.25, 0.3) is 0 Å². The van der Waals surface area contributed by atoms with Crippen molar-refractivity contribution < 1.29 is 13.2 Å². The largest absolute Gasteiger partial charge is 0.768 e. The highest BCUT2D eigenvalue weighted by atomic mass is 32.2. The van der Waals surface area contributed by atoms with Gasteiger partial charge in [-0.1, -0.05) is 24.3 Å². The molecule has 1 unspecified atom stereocenters. The van der Waals surface area contributed by atoms with Crippen LogP contribution in [0.1, 0.15) is 0 Å². The Morgan fingerprint density at radius 2 is 1.71 bits per heavy atom. The number of fused-ring (bicyclic) bond motifs is 1. The minimum absolute atomic E-state index is 0.127. The van der Waals surface area contributed by atoms with Crippen molar-refractivity contribution in [2.75, 3.05) is 0 Å². The summed E-state index contributed by atoms with van der Waals surface area (Å²) in [4.78, 5) is 0.127. The van der Waals surface area contributed by atoms with Gasteiger partial charge in [-0.2, -0.15) is 0 Å². The highest BCUT2D eigenvalue weighted by molar-refractivity contribution is 7.79. The maximum absolute atomic E-state index is 13.2. The van der Waals surface area contributed by atoms with Gasteiger partial charge in [-0.3, -0.25) is 4.21 Å². The molecule has 4 heteroatoms. The van der Waals surface area contributed by atoms with Crippen molar-refractivity contribution in [3.05, 3.63) is 42.2 Å². The maximum Gasteiger partial charge on any atom is 0.131 e. The van der Waals surface area contributed by atoms with Crippen molar-refractivity contribution in [3.63, 3.8) is 0 Å². The third kappa shape index (κ3) is 1.42. The van der Waals surface area contributed by atoms with Gasteiger partial charge in [0.2, 0.25) is 0 Å². The lowest BCUT2D eigenvalue weighted by atomic mass is 10.1. The van der Waals surface area contributed by atoms with Gasteiger partial charge in [-0.15, -0.1) is 0 Å². The van der Waals surface area contributed by atoms with Crippen LogP contribution >= 0.6 is 0 Å². The number of benzene rings is 2. The van der Waals surface area contributed by atoms with E-state index >= 15 is 0 Å². The monoisotopic (exact) mass is 209 g/mol. The van der Waals surface area contributed by atoms with E-state index in [1.54, 1.807) is 12.1 Å². The second-order valence-corrected chi connectivity index (χ2v) is 3.74.